The van der Waals surface area contributed by atoms with Crippen LogP contribution >= 0.6 is 0 Å². The number of benzene rings is 1. The Hall–Kier alpha value is -2.77. The second-order valence-electron chi connectivity index (χ2n) is 5.00. The Morgan fingerprint density at radius 2 is 2.04 bits per heavy atom. The van der Waals surface area contributed by atoms with E-state index in [1.54, 1.807) is 12.1 Å². The van der Waals surface area contributed by atoms with Crippen LogP contribution in [0.1, 0.15) is 25.7 Å². The first-order chi connectivity index (χ1) is 11.0. The van der Waals surface area contributed by atoms with E-state index in [0.29, 0.717) is 30.1 Å². The summed E-state index contributed by atoms with van der Waals surface area (Å²) in [6.07, 6.45) is 0.998. The summed E-state index contributed by atoms with van der Waals surface area (Å²) < 4.78 is 17.9. The third-order valence-electron chi connectivity index (χ3n) is 3.11. The van der Waals surface area contributed by atoms with Gasteiger partial charge in [-0.05, 0) is 37.6 Å². The van der Waals surface area contributed by atoms with Gasteiger partial charge in [-0.3, -0.25) is 9.59 Å². The SMILES string of the molecule is C[C@H](NC(=O)CCCc1nc(-c2ccc(F)cc2)no1)C(=O)O. The van der Waals surface area contributed by atoms with E-state index in [1.807, 2.05) is 0 Å². The summed E-state index contributed by atoms with van der Waals surface area (Å²) in [5.41, 5.74) is 0.634. The first kappa shape index (κ1) is 16.6. The van der Waals surface area contributed by atoms with Gasteiger partial charge in [0.1, 0.15) is 11.9 Å². The lowest BCUT2D eigenvalue weighted by Crippen LogP contribution is -2.38. The molecule has 0 radical (unpaired) electrons. The lowest BCUT2D eigenvalue weighted by atomic mass is 10.2. The van der Waals surface area contributed by atoms with Gasteiger partial charge in [0.15, 0.2) is 0 Å². The smallest absolute Gasteiger partial charge is 0.325 e. The molecule has 2 N–H and O–H groups in total. The topological polar surface area (TPSA) is 105 Å². The fraction of sp³-hybridized carbons (Fsp3) is 0.333. The van der Waals surface area contributed by atoms with Crippen molar-refractivity contribution in [3.63, 3.8) is 0 Å². The summed E-state index contributed by atoms with van der Waals surface area (Å²) in [5.74, 6) is -1.07. The highest BCUT2D eigenvalue weighted by molar-refractivity contribution is 5.83. The maximum atomic E-state index is 12.9. The van der Waals surface area contributed by atoms with Crippen molar-refractivity contribution in [2.75, 3.05) is 0 Å². The predicted octanol–water partition coefficient (Wildman–Crippen LogP) is 1.79. The zero-order valence-corrected chi connectivity index (χ0v) is 12.5. The van der Waals surface area contributed by atoms with E-state index in [2.05, 4.69) is 15.5 Å². The van der Waals surface area contributed by atoms with E-state index in [-0.39, 0.29) is 18.1 Å². The second-order valence-corrected chi connectivity index (χ2v) is 5.00. The highest BCUT2D eigenvalue weighted by atomic mass is 19.1. The number of aromatic nitrogens is 2. The van der Waals surface area contributed by atoms with Crippen molar-refractivity contribution in [2.45, 2.75) is 32.2 Å². The summed E-state index contributed by atoms with van der Waals surface area (Å²) in [6.45, 7) is 1.40. The average Bonchev–Trinajstić information content (AvgIpc) is 2.96. The Kier molecular flexibility index (Phi) is 5.40. The van der Waals surface area contributed by atoms with Gasteiger partial charge in [-0.25, -0.2) is 4.39 Å². The van der Waals surface area contributed by atoms with Crippen molar-refractivity contribution < 1.29 is 23.6 Å². The van der Waals surface area contributed by atoms with Gasteiger partial charge in [0.2, 0.25) is 17.6 Å². The number of nitrogens with one attached hydrogen (secondary N) is 1. The number of halogens is 1. The summed E-state index contributed by atoms with van der Waals surface area (Å²) in [5, 5.41) is 14.9. The van der Waals surface area contributed by atoms with E-state index >= 15 is 0 Å². The van der Waals surface area contributed by atoms with Crippen molar-refractivity contribution in [1.82, 2.24) is 15.5 Å². The summed E-state index contributed by atoms with van der Waals surface area (Å²) in [7, 11) is 0. The number of carboxylic acid groups (broad SMARTS) is 1. The van der Waals surface area contributed by atoms with E-state index in [1.165, 1.54) is 19.1 Å². The Labute approximate surface area is 131 Å². The zero-order chi connectivity index (χ0) is 16.8. The molecule has 1 aromatic carbocycles. The van der Waals surface area contributed by atoms with Gasteiger partial charge in [0.05, 0.1) is 0 Å². The summed E-state index contributed by atoms with van der Waals surface area (Å²) in [4.78, 5) is 26.3. The van der Waals surface area contributed by atoms with Crippen molar-refractivity contribution in [1.29, 1.82) is 0 Å². The van der Waals surface area contributed by atoms with Gasteiger partial charge in [0, 0.05) is 18.4 Å². The molecule has 23 heavy (non-hydrogen) atoms. The summed E-state index contributed by atoms with van der Waals surface area (Å²) in [6, 6.07) is 4.78. The molecule has 0 saturated carbocycles. The molecule has 8 heteroatoms. The maximum Gasteiger partial charge on any atom is 0.325 e. The highest BCUT2D eigenvalue weighted by Gasteiger charge is 2.14. The van der Waals surface area contributed by atoms with Gasteiger partial charge < -0.3 is 14.9 Å². The first-order valence-electron chi connectivity index (χ1n) is 7.06. The molecule has 0 aliphatic heterocycles. The molecule has 0 unspecified atom stereocenters. The third kappa shape index (κ3) is 4.87. The van der Waals surface area contributed by atoms with Crippen molar-refractivity contribution >= 4 is 11.9 Å². The minimum absolute atomic E-state index is 0.159. The van der Waals surface area contributed by atoms with E-state index < -0.39 is 12.0 Å². The van der Waals surface area contributed by atoms with Crippen LogP contribution in [-0.2, 0) is 16.0 Å². The molecule has 0 saturated heterocycles. The molecule has 0 bridgehead atoms. The van der Waals surface area contributed by atoms with Crippen molar-refractivity contribution in [3.05, 3.63) is 36.0 Å². The fourth-order valence-corrected chi connectivity index (χ4v) is 1.85. The van der Waals surface area contributed by atoms with Gasteiger partial charge >= 0.3 is 5.97 Å². The van der Waals surface area contributed by atoms with Crippen LogP contribution in [0.5, 0.6) is 0 Å². The lowest BCUT2D eigenvalue weighted by Gasteiger charge is -2.08. The number of rotatable bonds is 7. The quantitative estimate of drug-likeness (QED) is 0.805. The van der Waals surface area contributed by atoms with E-state index in [9.17, 15) is 14.0 Å². The molecule has 2 rings (SSSR count). The molecule has 1 atom stereocenters. The number of hydrogen-bond donors (Lipinski definition) is 2. The van der Waals surface area contributed by atoms with Crippen LogP contribution in [0.25, 0.3) is 11.4 Å². The largest absolute Gasteiger partial charge is 0.480 e. The molecule has 1 heterocycles. The van der Waals surface area contributed by atoms with Crippen LogP contribution < -0.4 is 5.32 Å². The Morgan fingerprint density at radius 1 is 1.35 bits per heavy atom. The third-order valence-corrected chi connectivity index (χ3v) is 3.11. The summed E-state index contributed by atoms with van der Waals surface area (Å²) >= 11 is 0. The lowest BCUT2D eigenvalue weighted by molar-refractivity contribution is -0.141. The number of carbonyl (C=O) groups excluding carboxylic acids is 1. The normalized spacial score (nSPS) is 11.9. The van der Waals surface area contributed by atoms with Gasteiger partial charge in [-0.1, -0.05) is 5.16 Å². The Bertz CT molecular complexity index is 684. The molecular weight excluding hydrogens is 305 g/mol. The van der Waals surface area contributed by atoms with Crippen LogP contribution in [0, 0.1) is 5.82 Å². The van der Waals surface area contributed by atoms with Gasteiger partial charge in [-0.15, -0.1) is 0 Å². The standard InChI is InChI=1S/C15H16FN3O4/c1-9(15(21)22)17-12(20)3-2-4-13-18-14(19-23-13)10-5-7-11(16)8-6-10/h5-9H,2-4H2,1H3,(H,17,20)(H,21,22)/t9-/m0/s1. The monoisotopic (exact) mass is 321 g/mol. The number of hydrogen-bond acceptors (Lipinski definition) is 5. The van der Waals surface area contributed by atoms with Crippen molar-refractivity contribution in [3.8, 4) is 11.4 Å². The van der Waals surface area contributed by atoms with Crippen LogP contribution in [0.15, 0.2) is 28.8 Å². The molecule has 0 aliphatic carbocycles. The van der Waals surface area contributed by atoms with Gasteiger partial charge in [-0.2, -0.15) is 4.98 Å². The molecular formula is C15H16FN3O4. The maximum absolute atomic E-state index is 12.9. The number of aryl methyl sites for hydroxylation is 1. The Morgan fingerprint density at radius 3 is 2.70 bits per heavy atom. The molecule has 7 nitrogen and oxygen atoms in total. The molecule has 0 spiro atoms. The molecule has 0 aliphatic rings. The van der Waals surface area contributed by atoms with Crippen LogP contribution in [0.4, 0.5) is 4.39 Å². The van der Waals surface area contributed by atoms with Crippen LogP contribution in [-0.4, -0.2) is 33.2 Å². The molecule has 1 amide bonds. The highest BCUT2D eigenvalue weighted by Crippen LogP contribution is 2.16. The number of carboxylic acids is 1. The number of nitrogens with zero attached hydrogens (tertiary/aromatic N) is 2. The fourth-order valence-electron chi connectivity index (χ4n) is 1.85. The number of amides is 1. The zero-order valence-electron chi connectivity index (χ0n) is 12.5. The number of aliphatic carboxylic acids is 1. The first-order valence-corrected chi connectivity index (χ1v) is 7.06. The Balaban J connectivity index is 1.82. The minimum Gasteiger partial charge on any atom is -0.480 e. The van der Waals surface area contributed by atoms with E-state index in [0.717, 1.165) is 0 Å². The average molecular weight is 321 g/mol. The van der Waals surface area contributed by atoms with Gasteiger partial charge in [0.25, 0.3) is 0 Å². The number of carbonyl (C=O) groups is 2. The molecule has 2 aromatic rings. The van der Waals surface area contributed by atoms with Crippen molar-refractivity contribution in [2.24, 2.45) is 0 Å². The molecule has 0 fully saturated rings. The minimum atomic E-state index is -1.08. The van der Waals surface area contributed by atoms with Crippen LogP contribution in [0.3, 0.4) is 0 Å². The molecule has 1 aromatic heterocycles. The predicted molar refractivity (Wildman–Crippen MR) is 77.9 cm³/mol. The molecule has 122 valence electrons. The van der Waals surface area contributed by atoms with Crippen LogP contribution in [0.2, 0.25) is 0 Å². The second kappa shape index (κ2) is 7.48. The van der Waals surface area contributed by atoms with E-state index in [4.69, 9.17) is 9.63 Å².